The van der Waals surface area contributed by atoms with Crippen molar-refractivity contribution in [1.29, 1.82) is 0 Å². The zero-order valence-corrected chi connectivity index (χ0v) is 18.9. The molecule has 1 aliphatic rings. The van der Waals surface area contributed by atoms with Gasteiger partial charge in [-0.2, -0.15) is 0 Å². The average Bonchev–Trinajstić information content (AvgIpc) is 3.37. The van der Waals surface area contributed by atoms with E-state index in [0.29, 0.717) is 0 Å². The fourth-order valence-corrected chi connectivity index (χ4v) is 10.2. The van der Waals surface area contributed by atoms with E-state index in [4.69, 9.17) is 4.74 Å². The smallest absolute Gasteiger partial charge is 0.127 e. The SMILES string of the molecule is C=C(C[Si](c1ccccc1)(c1ccccc1)C(C)(C)C)[C@H](O)[C@@]1(C)O[C@@H]1CC. The molecular weight excluding hydrogens is 360 g/mol. The van der Waals surface area contributed by atoms with E-state index in [-0.39, 0.29) is 11.1 Å². The Morgan fingerprint density at radius 2 is 1.54 bits per heavy atom. The molecule has 0 spiro atoms. The molecule has 2 nitrogen and oxygen atoms in total. The van der Waals surface area contributed by atoms with Crippen LogP contribution < -0.4 is 10.4 Å². The molecule has 2 aromatic carbocycles. The summed E-state index contributed by atoms with van der Waals surface area (Å²) >= 11 is 0. The van der Waals surface area contributed by atoms with Crippen molar-refractivity contribution in [1.82, 2.24) is 0 Å². The largest absolute Gasteiger partial charge is 0.386 e. The first-order valence-electron chi connectivity index (χ1n) is 10.3. The predicted molar refractivity (Wildman–Crippen MR) is 121 cm³/mol. The highest BCUT2D eigenvalue weighted by Gasteiger charge is 2.58. The van der Waals surface area contributed by atoms with Crippen molar-refractivity contribution in [3.8, 4) is 0 Å². The van der Waals surface area contributed by atoms with Crippen LogP contribution in [0.2, 0.25) is 11.1 Å². The van der Waals surface area contributed by atoms with Crippen LogP contribution in [0.5, 0.6) is 0 Å². The molecule has 0 radical (unpaired) electrons. The molecule has 1 N–H and O–H groups in total. The van der Waals surface area contributed by atoms with Crippen molar-refractivity contribution in [3.05, 3.63) is 72.8 Å². The van der Waals surface area contributed by atoms with Crippen LogP contribution in [0.4, 0.5) is 0 Å². The number of ether oxygens (including phenoxy) is 1. The van der Waals surface area contributed by atoms with Crippen LogP contribution in [-0.2, 0) is 4.74 Å². The number of benzene rings is 2. The number of rotatable bonds is 7. The van der Waals surface area contributed by atoms with E-state index in [9.17, 15) is 5.11 Å². The Labute approximate surface area is 171 Å². The van der Waals surface area contributed by atoms with Gasteiger partial charge in [0.1, 0.15) is 19.8 Å². The molecule has 0 aromatic heterocycles. The Morgan fingerprint density at radius 3 is 1.89 bits per heavy atom. The quantitative estimate of drug-likeness (QED) is 0.425. The Bertz CT molecular complexity index is 770. The van der Waals surface area contributed by atoms with Crippen molar-refractivity contribution in [2.75, 3.05) is 0 Å². The van der Waals surface area contributed by atoms with Crippen molar-refractivity contribution in [2.45, 2.75) is 69.9 Å². The summed E-state index contributed by atoms with van der Waals surface area (Å²) in [6.45, 7) is 15.5. The summed E-state index contributed by atoms with van der Waals surface area (Å²) in [6, 6.07) is 22.5. The highest BCUT2D eigenvalue weighted by molar-refractivity contribution is 7.04. The molecule has 1 saturated heterocycles. The molecular formula is C25H34O2Si. The zero-order valence-electron chi connectivity index (χ0n) is 17.9. The van der Waals surface area contributed by atoms with Gasteiger partial charge in [-0.25, -0.2) is 0 Å². The topological polar surface area (TPSA) is 32.8 Å². The maximum absolute atomic E-state index is 11.1. The van der Waals surface area contributed by atoms with Gasteiger partial charge in [-0.15, -0.1) is 0 Å². The van der Waals surface area contributed by atoms with Crippen LogP contribution in [0.1, 0.15) is 41.0 Å². The summed E-state index contributed by atoms with van der Waals surface area (Å²) in [4.78, 5) is 0. The second-order valence-electron chi connectivity index (χ2n) is 9.32. The molecule has 3 heteroatoms. The van der Waals surface area contributed by atoms with Gasteiger partial charge in [0.2, 0.25) is 0 Å². The Morgan fingerprint density at radius 1 is 1.07 bits per heavy atom. The third kappa shape index (κ3) is 3.52. The minimum atomic E-state index is -2.27. The fourth-order valence-electron chi connectivity index (χ4n) is 4.79. The molecule has 0 unspecified atom stereocenters. The lowest BCUT2D eigenvalue weighted by atomic mass is 9.94. The van der Waals surface area contributed by atoms with Gasteiger partial charge < -0.3 is 9.84 Å². The maximum Gasteiger partial charge on any atom is 0.127 e. The van der Waals surface area contributed by atoms with Crippen molar-refractivity contribution < 1.29 is 9.84 Å². The average molecular weight is 395 g/mol. The fraction of sp³-hybridized carbons (Fsp3) is 0.440. The summed E-state index contributed by atoms with van der Waals surface area (Å²) < 4.78 is 5.85. The molecule has 28 heavy (non-hydrogen) atoms. The minimum Gasteiger partial charge on any atom is -0.386 e. The van der Waals surface area contributed by atoms with Crippen LogP contribution in [0.3, 0.4) is 0 Å². The van der Waals surface area contributed by atoms with E-state index < -0.39 is 19.8 Å². The van der Waals surface area contributed by atoms with E-state index in [1.54, 1.807) is 0 Å². The number of hydrogen-bond donors (Lipinski definition) is 1. The lowest BCUT2D eigenvalue weighted by Gasteiger charge is -2.45. The number of hydrogen-bond acceptors (Lipinski definition) is 2. The number of aliphatic hydroxyl groups excluding tert-OH is 1. The first-order chi connectivity index (χ1) is 13.2. The van der Waals surface area contributed by atoms with Gasteiger partial charge in [0.05, 0.1) is 6.10 Å². The van der Waals surface area contributed by atoms with E-state index in [0.717, 1.165) is 18.0 Å². The van der Waals surface area contributed by atoms with E-state index in [2.05, 4.69) is 94.9 Å². The lowest BCUT2D eigenvalue weighted by Crippen LogP contribution is -2.64. The normalized spacial score (nSPS) is 23.3. The number of aliphatic hydroxyl groups is 1. The molecule has 0 bridgehead atoms. The van der Waals surface area contributed by atoms with Gasteiger partial charge >= 0.3 is 0 Å². The molecule has 1 aliphatic heterocycles. The van der Waals surface area contributed by atoms with Crippen molar-refractivity contribution >= 4 is 18.4 Å². The Kier molecular flexibility index (Phi) is 5.73. The third-order valence-electron chi connectivity index (χ3n) is 6.58. The van der Waals surface area contributed by atoms with Crippen LogP contribution in [0.15, 0.2) is 72.8 Å². The molecule has 2 aromatic rings. The molecule has 1 fully saturated rings. The molecule has 0 amide bonds. The standard InChI is InChI=1S/C25H34O2Si/c1-7-22-25(6,27-22)23(26)19(2)18-28(24(3,4)5,20-14-10-8-11-15-20)21-16-12-9-13-17-21/h8-17,22-23,26H,2,7,18H2,1,3-6H3/t22-,23+,25+/m1/s1. The second-order valence-corrected chi connectivity index (χ2v) is 14.1. The maximum atomic E-state index is 11.1. The van der Waals surface area contributed by atoms with Crippen molar-refractivity contribution in [2.24, 2.45) is 0 Å². The van der Waals surface area contributed by atoms with Gasteiger partial charge in [-0.3, -0.25) is 0 Å². The van der Waals surface area contributed by atoms with Crippen molar-refractivity contribution in [3.63, 3.8) is 0 Å². The van der Waals surface area contributed by atoms with Crippen LogP contribution in [-0.4, -0.2) is 31.0 Å². The highest BCUT2D eigenvalue weighted by atomic mass is 28.3. The van der Waals surface area contributed by atoms with E-state index in [1.807, 2.05) is 6.92 Å². The summed E-state index contributed by atoms with van der Waals surface area (Å²) in [5, 5.41) is 14.0. The molecule has 3 rings (SSSR count). The van der Waals surface area contributed by atoms with Crippen LogP contribution in [0, 0.1) is 0 Å². The first-order valence-corrected chi connectivity index (χ1v) is 12.5. The van der Waals surface area contributed by atoms with E-state index >= 15 is 0 Å². The molecule has 3 atom stereocenters. The lowest BCUT2D eigenvalue weighted by molar-refractivity contribution is 0.114. The highest BCUT2D eigenvalue weighted by Crippen LogP contribution is 2.46. The number of epoxide rings is 1. The summed E-state index contributed by atoms with van der Waals surface area (Å²) in [6.07, 6.45) is 0.401. The molecule has 0 aliphatic carbocycles. The molecule has 0 saturated carbocycles. The van der Waals surface area contributed by atoms with Gasteiger partial charge in [0.15, 0.2) is 0 Å². The monoisotopic (exact) mass is 394 g/mol. The van der Waals surface area contributed by atoms with Crippen LogP contribution in [0.25, 0.3) is 0 Å². The Balaban J connectivity index is 2.08. The molecule has 1 heterocycles. The zero-order chi connectivity index (χ0) is 20.6. The summed E-state index contributed by atoms with van der Waals surface area (Å²) in [5.74, 6) is 0. The third-order valence-corrected chi connectivity index (χ3v) is 12.8. The van der Waals surface area contributed by atoms with Crippen LogP contribution >= 0.6 is 0 Å². The Hall–Kier alpha value is -1.68. The second kappa shape index (κ2) is 7.62. The predicted octanol–water partition coefficient (Wildman–Crippen LogP) is 4.53. The first kappa shape index (κ1) is 21.0. The summed E-state index contributed by atoms with van der Waals surface area (Å²) in [7, 11) is -2.27. The van der Waals surface area contributed by atoms with E-state index in [1.165, 1.54) is 10.4 Å². The van der Waals surface area contributed by atoms with Gasteiger partial charge in [0, 0.05) is 0 Å². The van der Waals surface area contributed by atoms with Gasteiger partial charge in [-0.05, 0) is 30.0 Å². The molecule has 150 valence electrons. The van der Waals surface area contributed by atoms with Gasteiger partial charge in [0.25, 0.3) is 0 Å². The van der Waals surface area contributed by atoms with Gasteiger partial charge in [-0.1, -0.05) is 105 Å². The minimum absolute atomic E-state index is 0.0494. The summed E-state index contributed by atoms with van der Waals surface area (Å²) in [5.41, 5.74) is 0.407.